The van der Waals surface area contributed by atoms with Crippen molar-refractivity contribution in [3.8, 4) is 12.3 Å². The van der Waals surface area contributed by atoms with Crippen LogP contribution in [-0.4, -0.2) is 42.8 Å². The van der Waals surface area contributed by atoms with Gasteiger partial charge in [-0.15, -0.1) is 6.42 Å². The molecule has 0 heterocycles. The van der Waals surface area contributed by atoms with Crippen LogP contribution in [0, 0.1) is 12.3 Å². The van der Waals surface area contributed by atoms with Crippen LogP contribution in [0.4, 0.5) is 48.3 Å². The summed E-state index contributed by atoms with van der Waals surface area (Å²) in [5, 5.41) is 0. The standard InChI is InChI=1S/C9H3F11O3/c1-2-3-22-4(21)5(10,7(13,14)15)23-9(19,20)6(11,12)8(16,17)18/h1H,3H2/t5-/m1/s1. The summed E-state index contributed by atoms with van der Waals surface area (Å²) >= 11 is 0. The second-order valence-electron chi connectivity index (χ2n) is 3.56. The Hall–Kier alpha value is -1.78. The second kappa shape index (κ2) is 6.02. The highest BCUT2D eigenvalue weighted by atomic mass is 19.4. The van der Waals surface area contributed by atoms with Crippen molar-refractivity contribution in [2.75, 3.05) is 6.61 Å². The first kappa shape index (κ1) is 21.2. The van der Waals surface area contributed by atoms with E-state index >= 15 is 0 Å². The van der Waals surface area contributed by atoms with Gasteiger partial charge in [-0.2, -0.15) is 48.3 Å². The minimum absolute atomic E-state index is 1.29. The minimum Gasteiger partial charge on any atom is -0.448 e. The number of halogens is 11. The zero-order valence-electron chi connectivity index (χ0n) is 10.2. The number of carbonyl (C=O) groups is 1. The topological polar surface area (TPSA) is 35.5 Å². The van der Waals surface area contributed by atoms with Gasteiger partial charge in [-0.05, 0) is 0 Å². The molecule has 0 rings (SSSR count). The largest absolute Gasteiger partial charge is 0.462 e. The molecule has 0 saturated carbocycles. The van der Waals surface area contributed by atoms with Crippen molar-refractivity contribution in [1.29, 1.82) is 0 Å². The van der Waals surface area contributed by atoms with Crippen LogP contribution >= 0.6 is 0 Å². The van der Waals surface area contributed by atoms with Crippen LogP contribution in [-0.2, 0) is 14.3 Å². The molecule has 0 N–H and O–H groups in total. The lowest BCUT2D eigenvalue weighted by atomic mass is 10.2. The number of hydrogen-bond donors (Lipinski definition) is 0. The van der Waals surface area contributed by atoms with Gasteiger partial charge >= 0.3 is 36.2 Å². The molecule has 23 heavy (non-hydrogen) atoms. The quantitative estimate of drug-likeness (QED) is 0.425. The van der Waals surface area contributed by atoms with Crippen molar-refractivity contribution in [2.24, 2.45) is 0 Å². The third kappa shape index (κ3) is 3.95. The molecule has 0 radical (unpaired) electrons. The molecule has 0 aliphatic rings. The summed E-state index contributed by atoms with van der Waals surface area (Å²) in [5.41, 5.74) is 0. The minimum atomic E-state index is -7.25. The molecular formula is C9H3F11O3. The van der Waals surface area contributed by atoms with Gasteiger partial charge in [0.15, 0.2) is 6.61 Å². The Morgan fingerprint density at radius 3 is 1.61 bits per heavy atom. The molecule has 0 aliphatic carbocycles. The molecule has 0 saturated heterocycles. The third-order valence-corrected chi connectivity index (χ3v) is 1.90. The highest BCUT2D eigenvalue weighted by Crippen LogP contribution is 2.51. The summed E-state index contributed by atoms with van der Waals surface area (Å²) in [6.07, 6.45) is -16.6. The highest BCUT2D eigenvalue weighted by Gasteiger charge is 2.80. The average Bonchev–Trinajstić information content (AvgIpc) is 2.32. The van der Waals surface area contributed by atoms with Crippen molar-refractivity contribution in [3.63, 3.8) is 0 Å². The van der Waals surface area contributed by atoms with Crippen LogP contribution in [0.2, 0.25) is 0 Å². The van der Waals surface area contributed by atoms with E-state index in [9.17, 15) is 53.1 Å². The van der Waals surface area contributed by atoms with Gasteiger partial charge in [0.1, 0.15) is 0 Å². The molecule has 0 aromatic heterocycles. The Labute approximate surface area is 119 Å². The second-order valence-corrected chi connectivity index (χ2v) is 3.56. The summed E-state index contributed by atoms with van der Waals surface area (Å²) in [5.74, 6) is -15.7. The molecule has 0 unspecified atom stereocenters. The van der Waals surface area contributed by atoms with Crippen LogP contribution in [0.25, 0.3) is 0 Å². The van der Waals surface area contributed by atoms with Gasteiger partial charge in [-0.25, -0.2) is 4.79 Å². The van der Waals surface area contributed by atoms with Crippen LogP contribution in [0.1, 0.15) is 0 Å². The number of esters is 1. The Morgan fingerprint density at radius 2 is 1.30 bits per heavy atom. The Morgan fingerprint density at radius 1 is 0.870 bits per heavy atom. The van der Waals surface area contributed by atoms with Gasteiger partial charge < -0.3 is 4.74 Å². The maximum Gasteiger partial charge on any atom is 0.462 e. The lowest BCUT2D eigenvalue weighted by molar-refractivity contribution is -0.474. The van der Waals surface area contributed by atoms with Crippen LogP contribution in [0.3, 0.4) is 0 Å². The highest BCUT2D eigenvalue weighted by molar-refractivity contribution is 5.79. The lowest BCUT2D eigenvalue weighted by Crippen LogP contribution is -2.61. The molecule has 0 amide bonds. The smallest absolute Gasteiger partial charge is 0.448 e. The summed E-state index contributed by atoms with van der Waals surface area (Å²) < 4.78 is 141. The Bertz CT molecular complexity index is 486. The maximum absolute atomic E-state index is 13.4. The Balaban J connectivity index is 5.83. The van der Waals surface area contributed by atoms with Gasteiger partial charge in [0.05, 0.1) is 0 Å². The zero-order valence-corrected chi connectivity index (χ0v) is 10.2. The van der Waals surface area contributed by atoms with E-state index in [0.29, 0.717) is 0 Å². The SMILES string of the molecule is C#CCOC(=O)[C@@](F)(OC(F)(F)C(F)(F)C(F)(F)F)C(F)(F)F. The van der Waals surface area contributed by atoms with Crippen LogP contribution in [0.5, 0.6) is 0 Å². The molecule has 134 valence electrons. The van der Waals surface area contributed by atoms with Crippen molar-refractivity contribution in [2.45, 2.75) is 30.2 Å². The van der Waals surface area contributed by atoms with E-state index in [1.165, 1.54) is 5.92 Å². The molecule has 0 spiro atoms. The number of alkyl halides is 11. The van der Waals surface area contributed by atoms with Crippen LogP contribution in [0.15, 0.2) is 0 Å². The number of ether oxygens (including phenoxy) is 2. The summed E-state index contributed by atoms with van der Waals surface area (Å²) in [6.45, 7) is -1.44. The normalized spacial score (nSPS) is 16.4. The first-order valence-electron chi connectivity index (χ1n) is 4.83. The Kier molecular flexibility index (Phi) is 5.56. The van der Waals surface area contributed by atoms with Gasteiger partial charge in [0.2, 0.25) is 0 Å². The summed E-state index contributed by atoms with van der Waals surface area (Å²) in [4.78, 5) is 10.7. The van der Waals surface area contributed by atoms with E-state index in [0.717, 1.165) is 0 Å². The van der Waals surface area contributed by atoms with Gasteiger partial charge in [-0.1, -0.05) is 5.92 Å². The monoisotopic (exact) mass is 368 g/mol. The number of terminal acetylenes is 1. The maximum atomic E-state index is 13.4. The first-order chi connectivity index (χ1) is 9.94. The van der Waals surface area contributed by atoms with Crippen molar-refractivity contribution >= 4 is 5.97 Å². The van der Waals surface area contributed by atoms with Crippen LogP contribution < -0.4 is 0 Å². The molecule has 1 atom stereocenters. The average molecular weight is 368 g/mol. The predicted molar refractivity (Wildman–Crippen MR) is 46.7 cm³/mol. The molecule has 0 fully saturated rings. The van der Waals surface area contributed by atoms with Gasteiger partial charge in [0, 0.05) is 0 Å². The van der Waals surface area contributed by atoms with Gasteiger partial charge in [-0.3, -0.25) is 4.74 Å². The molecule has 14 heteroatoms. The van der Waals surface area contributed by atoms with E-state index in [1.54, 1.807) is 0 Å². The number of carbonyl (C=O) groups excluding carboxylic acids is 1. The molecule has 0 bridgehead atoms. The van der Waals surface area contributed by atoms with E-state index in [1.807, 2.05) is 4.74 Å². The third-order valence-electron chi connectivity index (χ3n) is 1.90. The summed E-state index contributed by atoms with van der Waals surface area (Å²) in [6, 6.07) is 0. The predicted octanol–water partition coefficient (Wildman–Crippen LogP) is 3.20. The van der Waals surface area contributed by atoms with E-state index < -0.39 is 42.8 Å². The van der Waals surface area contributed by atoms with E-state index in [-0.39, 0.29) is 0 Å². The molecule has 0 aromatic carbocycles. The fraction of sp³-hybridized carbons (Fsp3) is 0.667. The first-order valence-corrected chi connectivity index (χ1v) is 4.83. The fourth-order valence-corrected chi connectivity index (χ4v) is 0.821. The van der Waals surface area contributed by atoms with Crippen molar-refractivity contribution < 1.29 is 62.6 Å². The summed E-state index contributed by atoms with van der Waals surface area (Å²) in [7, 11) is 0. The number of hydrogen-bond acceptors (Lipinski definition) is 3. The van der Waals surface area contributed by atoms with Gasteiger partial charge in [0.25, 0.3) is 0 Å². The van der Waals surface area contributed by atoms with Crippen molar-refractivity contribution in [3.05, 3.63) is 0 Å². The lowest BCUT2D eigenvalue weighted by Gasteiger charge is -2.33. The molecule has 0 aromatic rings. The van der Waals surface area contributed by atoms with Crippen molar-refractivity contribution in [1.82, 2.24) is 0 Å². The van der Waals surface area contributed by atoms with E-state index in [2.05, 4.69) is 11.2 Å². The molecule has 0 aliphatic heterocycles. The number of rotatable bonds is 5. The fourth-order valence-electron chi connectivity index (χ4n) is 0.821. The molecule has 3 nitrogen and oxygen atoms in total. The zero-order chi connectivity index (χ0) is 18.9. The van der Waals surface area contributed by atoms with E-state index in [4.69, 9.17) is 0 Å². The molecular weight excluding hydrogens is 365 g/mol.